The van der Waals surface area contributed by atoms with Gasteiger partial charge in [0, 0.05) is 47.6 Å². The van der Waals surface area contributed by atoms with E-state index < -0.39 is 0 Å². The number of thiophene rings is 1. The van der Waals surface area contributed by atoms with E-state index in [4.69, 9.17) is 14.4 Å². The van der Waals surface area contributed by atoms with Crippen LogP contribution in [0.5, 0.6) is 0 Å². The summed E-state index contributed by atoms with van der Waals surface area (Å²) in [4.78, 5) is 10.5. The van der Waals surface area contributed by atoms with Crippen LogP contribution in [0.1, 0.15) is 0 Å². The Bertz CT molecular complexity index is 3250. The zero-order valence-corrected chi connectivity index (χ0v) is 31.0. The van der Waals surface area contributed by atoms with E-state index in [9.17, 15) is 0 Å². The van der Waals surface area contributed by atoms with Crippen molar-refractivity contribution in [2.75, 3.05) is 0 Å². The van der Waals surface area contributed by atoms with Crippen molar-refractivity contribution in [3.63, 3.8) is 0 Å². The second-order valence-corrected chi connectivity index (χ2v) is 15.3. The topological polar surface area (TPSA) is 38.9 Å². The maximum absolute atomic E-state index is 6.19. The number of hydrogen-bond donors (Lipinski definition) is 0. The third kappa shape index (κ3) is 5.76. The Morgan fingerprint density at radius 2 is 0.839 bits per heavy atom. The average molecular weight is 733 g/mol. The summed E-state index contributed by atoms with van der Waals surface area (Å²) in [6.07, 6.45) is 0. The number of furan rings is 1. The van der Waals surface area contributed by atoms with Crippen LogP contribution in [-0.4, -0.2) is 9.97 Å². The third-order valence-corrected chi connectivity index (χ3v) is 11.8. The molecule has 0 spiro atoms. The van der Waals surface area contributed by atoms with Crippen LogP contribution in [0.4, 0.5) is 0 Å². The van der Waals surface area contributed by atoms with Gasteiger partial charge in [-0.3, -0.25) is 0 Å². The minimum atomic E-state index is 0.688. The van der Waals surface area contributed by atoms with Gasteiger partial charge in [0.25, 0.3) is 0 Å². The second kappa shape index (κ2) is 13.3. The van der Waals surface area contributed by atoms with Gasteiger partial charge in [0.15, 0.2) is 5.82 Å². The summed E-state index contributed by atoms with van der Waals surface area (Å²) < 4.78 is 8.80. The maximum atomic E-state index is 6.19. The normalized spacial score (nSPS) is 11.6. The highest BCUT2D eigenvalue weighted by Gasteiger charge is 2.16. The van der Waals surface area contributed by atoms with Crippen molar-refractivity contribution >= 4 is 53.4 Å². The van der Waals surface area contributed by atoms with Crippen LogP contribution in [0.25, 0.3) is 109 Å². The van der Waals surface area contributed by atoms with Crippen LogP contribution < -0.4 is 0 Å². The molecule has 56 heavy (non-hydrogen) atoms. The second-order valence-electron chi connectivity index (χ2n) is 14.2. The first-order valence-corrected chi connectivity index (χ1v) is 19.6. The predicted octanol–water partition coefficient (Wildman–Crippen LogP) is 14.7. The molecule has 0 saturated heterocycles. The fourth-order valence-electron chi connectivity index (χ4n) is 7.87. The molecule has 0 aliphatic carbocycles. The smallest absolute Gasteiger partial charge is 0.160 e. The van der Waals surface area contributed by atoms with Crippen LogP contribution in [0, 0.1) is 0 Å². The first kappa shape index (κ1) is 32.3. The van der Waals surface area contributed by atoms with Crippen molar-refractivity contribution in [1.29, 1.82) is 0 Å². The Morgan fingerprint density at radius 3 is 1.68 bits per heavy atom. The van der Waals surface area contributed by atoms with Gasteiger partial charge in [0.2, 0.25) is 0 Å². The Kier molecular flexibility index (Phi) is 7.68. The Morgan fingerprint density at radius 1 is 0.304 bits per heavy atom. The SMILES string of the molecule is c1ccc(-c2cc(-c3ccc4oc5ccccc5c4c3)cc(-c3cc(-c4cccc(-c5ccc6sc7ccccc7c6c5)c4)nc(-c4ccccc4)n3)c2)cc1. The minimum absolute atomic E-state index is 0.688. The fraction of sp³-hybridized carbons (Fsp3) is 0. The van der Waals surface area contributed by atoms with Gasteiger partial charge in [-0.1, -0.05) is 127 Å². The Hall–Kier alpha value is -7.14. The summed E-state index contributed by atoms with van der Waals surface area (Å²) in [7, 11) is 0. The molecule has 0 aliphatic heterocycles. The molecule has 0 saturated carbocycles. The molecule has 4 heteroatoms. The molecule has 0 amide bonds. The number of fused-ring (bicyclic) bond motifs is 6. The molecule has 0 aliphatic rings. The molecule has 11 aromatic rings. The summed E-state index contributed by atoms with van der Waals surface area (Å²) >= 11 is 1.84. The first-order chi connectivity index (χ1) is 27.7. The molecular weight excluding hydrogens is 701 g/mol. The van der Waals surface area contributed by atoms with Gasteiger partial charge in [-0.15, -0.1) is 11.3 Å². The summed E-state index contributed by atoms with van der Waals surface area (Å²) in [6.45, 7) is 0. The van der Waals surface area contributed by atoms with Gasteiger partial charge >= 0.3 is 0 Å². The lowest BCUT2D eigenvalue weighted by Gasteiger charge is -2.14. The van der Waals surface area contributed by atoms with E-state index in [1.807, 2.05) is 41.7 Å². The summed E-state index contributed by atoms with van der Waals surface area (Å²) in [5.41, 5.74) is 13.4. The van der Waals surface area contributed by atoms with Crippen LogP contribution in [-0.2, 0) is 0 Å². The monoisotopic (exact) mass is 732 g/mol. The van der Waals surface area contributed by atoms with Crippen molar-refractivity contribution in [1.82, 2.24) is 9.97 Å². The van der Waals surface area contributed by atoms with E-state index in [-0.39, 0.29) is 0 Å². The number of nitrogens with zero attached hydrogens (tertiary/aromatic N) is 2. The van der Waals surface area contributed by atoms with Gasteiger partial charge < -0.3 is 4.42 Å². The molecule has 3 aromatic heterocycles. The van der Waals surface area contributed by atoms with E-state index in [0.29, 0.717) is 5.82 Å². The van der Waals surface area contributed by atoms with E-state index in [0.717, 1.165) is 77.8 Å². The number of rotatable bonds is 6. The average Bonchev–Trinajstić information content (AvgIpc) is 3.84. The maximum Gasteiger partial charge on any atom is 0.160 e. The van der Waals surface area contributed by atoms with Crippen LogP contribution in [0.2, 0.25) is 0 Å². The number of para-hydroxylation sites is 1. The molecule has 8 aromatic carbocycles. The fourth-order valence-corrected chi connectivity index (χ4v) is 8.95. The van der Waals surface area contributed by atoms with Crippen LogP contribution in [0.3, 0.4) is 0 Å². The molecule has 3 nitrogen and oxygen atoms in total. The molecule has 3 heterocycles. The molecule has 0 bridgehead atoms. The number of hydrogen-bond acceptors (Lipinski definition) is 4. The van der Waals surface area contributed by atoms with Crippen molar-refractivity contribution in [3.05, 3.63) is 194 Å². The van der Waals surface area contributed by atoms with Gasteiger partial charge in [0.05, 0.1) is 11.4 Å². The zero-order chi connectivity index (χ0) is 37.0. The lowest BCUT2D eigenvalue weighted by molar-refractivity contribution is 0.669. The molecule has 0 fully saturated rings. The third-order valence-electron chi connectivity index (χ3n) is 10.7. The van der Waals surface area contributed by atoms with E-state index in [2.05, 4.69) is 164 Å². The molecule has 11 rings (SSSR count). The van der Waals surface area contributed by atoms with E-state index in [1.165, 1.54) is 25.7 Å². The molecule has 262 valence electrons. The van der Waals surface area contributed by atoms with Gasteiger partial charge in [-0.05, 0) is 100 Å². The first-order valence-electron chi connectivity index (χ1n) is 18.8. The van der Waals surface area contributed by atoms with E-state index >= 15 is 0 Å². The molecule has 0 radical (unpaired) electrons. The van der Waals surface area contributed by atoms with Crippen molar-refractivity contribution in [2.45, 2.75) is 0 Å². The lowest BCUT2D eigenvalue weighted by atomic mass is 9.93. The molecule has 0 atom stereocenters. The van der Waals surface area contributed by atoms with Gasteiger partial charge in [-0.2, -0.15) is 0 Å². The van der Waals surface area contributed by atoms with Crippen LogP contribution in [0.15, 0.2) is 199 Å². The van der Waals surface area contributed by atoms with Gasteiger partial charge in [0.1, 0.15) is 11.2 Å². The zero-order valence-electron chi connectivity index (χ0n) is 30.2. The summed E-state index contributed by atoms with van der Waals surface area (Å²) in [6, 6.07) is 68.7. The molecule has 0 unspecified atom stereocenters. The van der Waals surface area contributed by atoms with E-state index in [1.54, 1.807) is 0 Å². The highest BCUT2D eigenvalue weighted by molar-refractivity contribution is 7.25. The van der Waals surface area contributed by atoms with Gasteiger partial charge in [-0.25, -0.2) is 9.97 Å². The van der Waals surface area contributed by atoms with Crippen LogP contribution >= 0.6 is 11.3 Å². The predicted molar refractivity (Wildman–Crippen MR) is 235 cm³/mol. The Balaban J connectivity index is 1.08. The minimum Gasteiger partial charge on any atom is -0.456 e. The highest BCUT2D eigenvalue weighted by Crippen LogP contribution is 2.39. The standard InChI is InChI=1S/C52H32N2OS/c1-3-12-33(13-4-1)39-27-40(37-22-24-49-44(30-37)42-18-7-9-20-48(42)55-49)29-41(28-39)47-32-46(53-52(54-47)34-14-5-2-6-15-34)38-17-11-16-35(26-38)36-23-25-51-45(31-36)43-19-8-10-21-50(43)56-51/h1-32H. The highest BCUT2D eigenvalue weighted by atomic mass is 32.1. The van der Waals surface area contributed by atoms with Crippen molar-refractivity contribution in [2.24, 2.45) is 0 Å². The molecule has 0 N–H and O–H groups in total. The molecular formula is C52H32N2OS. The largest absolute Gasteiger partial charge is 0.456 e. The summed E-state index contributed by atoms with van der Waals surface area (Å²) in [5.74, 6) is 0.688. The van der Waals surface area contributed by atoms with Crippen molar-refractivity contribution in [3.8, 4) is 67.3 Å². The lowest BCUT2D eigenvalue weighted by Crippen LogP contribution is -1.97. The number of aromatic nitrogens is 2. The Labute approximate surface area is 327 Å². The number of benzene rings is 8. The van der Waals surface area contributed by atoms with Crippen molar-refractivity contribution < 1.29 is 4.42 Å². The quantitative estimate of drug-likeness (QED) is 0.171. The summed E-state index contributed by atoms with van der Waals surface area (Å²) in [5, 5.41) is 4.81.